The van der Waals surface area contributed by atoms with Crippen molar-refractivity contribution in [3.8, 4) is 11.5 Å². The zero-order valence-electron chi connectivity index (χ0n) is 11.8. The van der Waals surface area contributed by atoms with Gasteiger partial charge in [0.2, 0.25) is 0 Å². The van der Waals surface area contributed by atoms with E-state index in [9.17, 15) is 4.79 Å². The van der Waals surface area contributed by atoms with E-state index in [0.717, 1.165) is 11.3 Å². The normalized spacial score (nSPS) is 17.4. The molecule has 0 saturated heterocycles. The van der Waals surface area contributed by atoms with Crippen LogP contribution >= 0.6 is 0 Å². The van der Waals surface area contributed by atoms with Crippen molar-refractivity contribution in [1.29, 1.82) is 0 Å². The van der Waals surface area contributed by atoms with Gasteiger partial charge in [0.05, 0.1) is 25.4 Å². The Balaban J connectivity index is 2.13. The number of hydrogen-bond donors (Lipinski definition) is 0. The minimum absolute atomic E-state index is 0.349. The Bertz CT molecular complexity index is 570. The van der Waals surface area contributed by atoms with Crippen molar-refractivity contribution >= 4 is 11.5 Å². The molecule has 1 heterocycles. The van der Waals surface area contributed by atoms with Crippen molar-refractivity contribution in [3.63, 3.8) is 0 Å². The summed E-state index contributed by atoms with van der Waals surface area (Å²) in [6.45, 7) is 0.393. The Kier molecular flexibility index (Phi) is 3.38. The molecule has 0 N–H and O–H groups in total. The number of methoxy groups -OCH3 is 2. The first kappa shape index (κ1) is 13.0. The van der Waals surface area contributed by atoms with Gasteiger partial charge < -0.3 is 14.2 Å². The van der Waals surface area contributed by atoms with E-state index in [0.29, 0.717) is 23.8 Å². The monoisotopic (exact) mass is 274 g/mol. The minimum Gasteiger partial charge on any atom is -0.496 e. The fourth-order valence-corrected chi connectivity index (χ4v) is 2.81. The molecule has 106 valence electrons. The molecule has 0 spiro atoms. The number of carbonyl (C=O) groups is 1. The fraction of sp³-hybridized carbons (Fsp3) is 0.438. The number of benzene rings is 1. The Morgan fingerprint density at radius 1 is 1.30 bits per heavy atom. The number of esters is 1. The Morgan fingerprint density at radius 2 is 2.10 bits per heavy atom. The third-order valence-corrected chi connectivity index (χ3v) is 4.10. The Labute approximate surface area is 118 Å². The van der Waals surface area contributed by atoms with Crippen molar-refractivity contribution in [1.82, 2.24) is 0 Å². The highest BCUT2D eigenvalue weighted by Gasteiger charge is 2.31. The quantitative estimate of drug-likeness (QED) is 0.795. The van der Waals surface area contributed by atoms with Gasteiger partial charge in [-0.1, -0.05) is 12.5 Å². The summed E-state index contributed by atoms with van der Waals surface area (Å²) in [6, 6.07) is 3.97. The molecule has 1 aromatic rings. The third kappa shape index (κ3) is 1.96. The molecule has 20 heavy (non-hydrogen) atoms. The van der Waals surface area contributed by atoms with E-state index >= 15 is 0 Å². The zero-order chi connectivity index (χ0) is 14.1. The highest BCUT2D eigenvalue weighted by atomic mass is 16.5. The average molecular weight is 274 g/mol. The maximum absolute atomic E-state index is 12.0. The molecule has 0 aromatic heterocycles. The molecule has 2 aliphatic rings. The van der Waals surface area contributed by atoms with Gasteiger partial charge in [-0.3, -0.25) is 0 Å². The van der Waals surface area contributed by atoms with Crippen molar-refractivity contribution in [2.24, 2.45) is 0 Å². The van der Waals surface area contributed by atoms with Gasteiger partial charge >= 0.3 is 5.97 Å². The molecular weight excluding hydrogens is 256 g/mol. The van der Waals surface area contributed by atoms with Crippen LogP contribution < -0.4 is 9.47 Å². The van der Waals surface area contributed by atoms with E-state index in [1.165, 1.54) is 31.9 Å². The lowest BCUT2D eigenvalue weighted by atomic mass is 9.78. The summed E-state index contributed by atoms with van der Waals surface area (Å²) in [7, 11) is 2.99. The fourth-order valence-electron chi connectivity index (χ4n) is 2.81. The van der Waals surface area contributed by atoms with Crippen molar-refractivity contribution < 1.29 is 19.0 Å². The summed E-state index contributed by atoms with van der Waals surface area (Å²) in [5.74, 6) is 1.63. The SMILES string of the molecule is COC(=O)C1=CCOc2c(C3CCC3)ccc(OC)c21. The highest BCUT2D eigenvalue weighted by molar-refractivity contribution is 6.18. The average Bonchev–Trinajstić information content (AvgIpc) is 2.44. The van der Waals surface area contributed by atoms with Crippen molar-refractivity contribution in [3.05, 3.63) is 29.3 Å². The van der Waals surface area contributed by atoms with E-state index in [2.05, 4.69) is 6.07 Å². The molecular formula is C16H18O4. The van der Waals surface area contributed by atoms with Crippen LogP contribution in [0.5, 0.6) is 11.5 Å². The summed E-state index contributed by atoms with van der Waals surface area (Å²) in [6.07, 6.45) is 5.37. The van der Waals surface area contributed by atoms with Crippen LogP contribution in [-0.2, 0) is 9.53 Å². The van der Waals surface area contributed by atoms with Gasteiger partial charge in [-0.15, -0.1) is 0 Å². The van der Waals surface area contributed by atoms with Crippen LogP contribution in [0.1, 0.15) is 36.3 Å². The molecule has 1 fully saturated rings. The topological polar surface area (TPSA) is 44.8 Å². The molecule has 0 bridgehead atoms. The van der Waals surface area contributed by atoms with Crippen LogP contribution in [0.4, 0.5) is 0 Å². The van der Waals surface area contributed by atoms with E-state index in [-0.39, 0.29) is 5.97 Å². The summed E-state index contributed by atoms with van der Waals surface area (Å²) >= 11 is 0. The standard InChI is InChI=1S/C16H18O4/c1-18-13-7-6-11(10-4-3-5-10)15-14(13)12(8-9-20-15)16(17)19-2/h6-8,10H,3-5,9H2,1-2H3. The van der Waals surface area contributed by atoms with Gasteiger partial charge in [-0.25, -0.2) is 4.79 Å². The van der Waals surface area contributed by atoms with Crippen molar-refractivity contribution in [2.45, 2.75) is 25.2 Å². The third-order valence-electron chi connectivity index (χ3n) is 4.10. The van der Waals surface area contributed by atoms with E-state index < -0.39 is 0 Å². The van der Waals surface area contributed by atoms with Gasteiger partial charge in [-0.05, 0) is 36.5 Å². The number of fused-ring (bicyclic) bond motifs is 1. The summed E-state index contributed by atoms with van der Waals surface area (Å²) < 4.78 is 16.1. The first-order valence-corrected chi connectivity index (χ1v) is 6.88. The Morgan fingerprint density at radius 3 is 2.70 bits per heavy atom. The maximum Gasteiger partial charge on any atom is 0.338 e. The van der Waals surface area contributed by atoms with Gasteiger partial charge in [0, 0.05) is 0 Å². The molecule has 1 aromatic carbocycles. The van der Waals surface area contributed by atoms with E-state index in [1.54, 1.807) is 13.2 Å². The molecule has 0 unspecified atom stereocenters. The molecule has 4 heteroatoms. The number of hydrogen-bond acceptors (Lipinski definition) is 4. The number of carbonyl (C=O) groups excluding carboxylic acids is 1. The molecule has 0 atom stereocenters. The lowest BCUT2D eigenvalue weighted by Gasteiger charge is -2.30. The molecule has 4 nitrogen and oxygen atoms in total. The predicted octanol–water partition coefficient (Wildman–Crippen LogP) is 2.91. The summed E-state index contributed by atoms with van der Waals surface area (Å²) in [5, 5.41) is 0. The van der Waals surface area contributed by atoms with Crippen LogP contribution in [0.15, 0.2) is 18.2 Å². The second-order valence-electron chi connectivity index (χ2n) is 5.11. The molecule has 0 radical (unpaired) electrons. The van der Waals surface area contributed by atoms with Crippen LogP contribution in [0.2, 0.25) is 0 Å². The summed E-state index contributed by atoms with van der Waals surface area (Å²) in [5.41, 5.74) is 2.45. The number of ether oxygens (including phenoxy) is 3. The van der Waals surface area contributed by atoms with E-state index in [4.69, 9.17) is 14.2 Å². The van der Waals surface area contributed by atoms with Crippen LogP contribution in [-0.4, -0.2) is 26.8 Å². The van der Waals surface area contributed by atoms with Crippen LogP contribution in [0.3, 0.4) is 0 Å². The largest absolute Gasteiger partial charge is 0.496 e. The first-order valence-electron chi connectivity index (χ1n) is 6.88. The van der Waals surface area contributed by atoms with Crippen LogP contribution in [0, 0.1) is 0 Å². The molecule has 1 saturated carbocycles. The highest BCUT2D eigenvalue weighted by Crippen LogP contribution is 2.47. The zero-order valence-corrected chi connectivity index (χ0v) is 11.8. The summed E-state index contributed by atoms with van der Waals surface area (Å²) in [4.78, 5) is 12.0. The van der Waals surface area contributed by atoms with Gasteiger partial charge in [0.25, 0.3) is 0 Å². The number of rotatable bonds is 3. The lowest BCUT2D eigenvalue weighted by Crippen LogP contribution is -2.17. The van der Waals surface area contributed by atoms with Crippen LogP contribution in [0.25, 0.3) is 5.57 Å². The second kappa shape index (κ2) is 5.19. The molecule has 1 aliphatic carbocycles. The van der Waals surface area contributed by atoms with E-state index in [1.807, 2.05) is 6.07 Å². The second-order valence-corrected chi connectivity index (χ2v) is 5.11. The molecule has 0 amide bonds. The minimum atomic E-state index is -0.349. The predicted molar refractivity (Wildman–Crippen MR) is 75.1 cm³/mol. The van der Waals surface area contributed by atoms with Gasteiger partial charge in [0.15, 0.2) is 0 Å². The molecule has 1 aliphatic heterocycles. The molecule has 3 rings (SSSR count). The Hall–Kier alpha value is -1.97. The first-order chi connectivity index (χ1) is 9.76. The van der Waals surface area contributed by atoms with Crippen molar-refractivity contribution in [2.75, 3.05) is 20.8 Å². The lowest BCUT2D eigenvalue weighted by molar-refractivity contribution is -0.133. The smallest absolute Gasteiger partial charge is 0.338 e. The van der Waals surface area contributed by atoms with Gasteiger partial charge in [0.1, 0.15) is 18.1 Å². The maximum atomic E-state index is 12.0. The van der Waals surface area contributed by atoms with Gasteiger partial charge in [-0.2, -0.15) is 0 Å².